The van der Waals surface area contributed by atoms with Crippen LogP contribution in [0.1, 0.15) is 11.1 Å². The molecule has 1 aromatic carbocycles. The Hall–Kier alpha value is -2.38. The molecule has 2 aromatic rings. The topological polar surface area (TPSA) is 73.1 Å². The highest BCUT2D eigenvalue weighted by Crippen LogP contribution is 2.37. The van der Waals surface area contributed by atoms with Crippen LogP contribution >= 0.6 is 0 Å². The average Bonchev–Trinajstić information content (AvgIpc) is 2.89. The number of aromatic nitrogens is 1. The number of primary sulfonamides is 1. The van der Waals surface area contributed by atoms with Crippen LogP contribution in [0.15, 0.2) is 59.6 Å². The molecule has 1 heterocycles. The highest BCUT2D eigenvalue weighted by molar-refractivity contribution is 7.89. The molecule has 23 heavy (non-hydrogen) atoms. The van der Waals surface area contributed by atoms with Gasteiger partial charge in [0, 0.05) is 11.8 Å². The number of allylic oxidation sites excluding steroid dienone is 4. The van der Waals surface area contributed by atoms with E-state index in [-0.39, 0.29) is 4.90 Å². The monoisotopic (exact) mass is 334 g/mol. The molecule has 1 atom stereocenters. The van der Waals surface area contributed by atoms with Crippen molar-refractivity contribution >= 4 is 21.2 Å². The lowest BCUT2D eigenvalue weighted by Crippen LogP contribution is -2.11. The summed E-state index contributed by atoms with van der Waals surface area (Å²) in [5.41, 5.74) is 2.38. The number of halogens is 2. The van der Waals surface area contributed by atoms with Gasteiger partial charge in [0.2, 0.25) is 16.0 Å². The standard InChI is InChI=1S/C16H12F2N2O2S/c17-12-7-14(10-1-4-13(5-2-10)23(19,21)22)15(8-12)11-3-6-16(18)20-9-11/h1-9,12H,(H2,19,21,22). The van der Waals surface area contributed by atoms with Gasteiger partial charge in [-0.15, -0.1) is 0 Å². The van der Waals surface area contributed by atoms with Crippen molar-refractivity contribution in [3.05, 3.63) is 71.8 Å². The Morgan fingerprint density at radius 3 is 2.04 bits per heavy atom. The first-order valence-electron chi connectivity index (χ1n) is 6.68. The van der Waals surface area contributed by atoms with Crippen molar-refractivity contribution in [1.29, 1.82) is 0 Å². The highest BCUT2D eigenvalue weighted by Gasteiger charge is 2.20. The Balaban J connectivity index is 2.00. The zero-order chi connectivity index (χ0) is 16.6. The van der Waals surface area contributed by atoms with Crippen LogP contribution < -0.4 is 5.14 Å². The first kappa shape index (κ1) is 15.5. The van der Waals surface area contributed by atoms with Crippen molar-refractivity contribution in [2.24, 2.45) is 5.14 Å². The predicted octanol–water partition coefficient (Wildman–Crippen LogP) is 2.69. The highest BCUT2D eigenvalue weighted by atomic mass is 32.2. The summed E-state index contributed by atoms with van der Waals surface area (Å²) in [7, 11) is -3.78. The molecule has 3 rings (SSSR count). The van der Waals surface area contributed by atoms with Crippen LogP contribution in [0.25, 0.3) is 11.1 Å². The summed E-state index contributed by atoms with van der Waals surface area (Å²) in [6.45, 7) is 0. The minimum absolute atomic E-state index is 0.0226. The molecular formula is C16H12F2N2O2S. The van der Waals surface area contributed by atoms with Gasteiger partial charge < -0.3 is 0 Å². The zero-order valence-electron chi connectivity index (χ0n) is 11.8. The summed E-state index contributed by atoms with van der Waals surface area (Å²) >= 11 is 0. The fourth-order valence-electron chi connectivity index (χ4n) is 2.41. The molecule has 0 fully saturated rings. The summed E-state index contributed by atoms with van der Waals surface area (Å²) in [6, 6.07) is 8.53. The number of alkyl halides is 1. The fourth-order valence-corrected chi connectivity index (χ4v) is 2.92. The molecule has 1 aromatic heterocycles. The van der Waals surface area contributed by atoms with E-state index in [9.17, 15) is 17.2 Å². The molecule has 0 saturated heterocycles. The number of benzene rings is 1. The molecule has 7 heteroatoms. The quantitative estimate of drug-likeness (QED) is 0.877. The second kappa shape index (κ2) is 5.68. The van der Waals surface area contributed by atoms with Gasteiger partial charge >= 0.3 is 0 Å². The predicted molar refractivity (Wildman–Crippen MR) is 82.9 cm³/mol. The van der Waals surface area contributed by atoms with Gasteiger partial charge in [-0.3, -0.25) is 0 Å². The third-order valence-electron chi connectivity index (χ3n) is 3.47. The third-order valence-corrected chi connectivity index (χ3v) is 4.40. The number of nitrogens with zero attached hydrogens (tertiary/aromatic N) is 1. The first-order valence-corrected chi connectivity index (χ1v) is 8.22. The molecule has 0 radical (unpaired) electrons. The number of hydrogen-bond donors (Lipinski definition) is 1. The van der Waals surface area contributed by atoms with Crippen molar-refractivity contribution < 1.29 is 17.2 Å². The second-order valence-corrected chi connectivity index (χ2v) is 6.61. The largest absolute Gasteiger partial charge is 0.238 e. The number of sulfonamides is 1. The molecule has 0 bridgehead atoms. The summed E-state index contributed by atoms with van der Waals surface area (Å²) in [5, 5.41) is 5.06. The second-order valence-electron chi connectivity index (χ2n) is 5.04. The maximum absolute atomic E-state index is 13.8. The minimum atomic E-state index is -3.78. The van der Waals surface area contributed by atoms with Gasteiger partial charge in [-0.25, -0.2) is 22.9 Å². The van der Waals surface area contributed by atoms with Crippen molar-refractivity contribution in [3.63, 3.8) is 0 Å². The maximum atomic E-state index is 13.8. The Labute approximate surface area is 132 Å². The molecule has 2 N–H and O–H groups in total. The lowest BCUT2D eigenvalue weighted by molar-refractivity contribution is 0.474. The van der Waals surface area contributed by atoms with E-state index in [2.05, 4.69) is 4.98 Å². The Morgan fingerprint density at radius 2 is 1.52 bits per heavy atom. The van der Waals surface area contributed by atoms with Gasteiger partial charge in [-0.2, -0.15) is 4.39 Å². The van der Waals surface area contributed by atoms with E-state index in [1.165, 1.54) is 42.6 Å². The van der Waals surface area contributed by atoms with Gasteiger partial charge in [0.1, 0.15) is 6.17 Å². The summed E-state index contributed by atoms with van der Waals surface area (Å²) in [6.07, 6.45) is 2.86. The molecule has 0 aliphatic heterocycles. The van der Waals surface area contributed by atoms with Crippen LogP contribution in [0.4, 0.5) is 8.78 Å². The van der Waals surface area contributed by atoms with Crippen LogP contribution in [-0.4, -0.2) is 19.6 Å². The van der Waals surface area contributed by atoms with Crippen molar-refractivity contribution in [2.75, 3.05) is 0 Å². The first-order chi connectivity index (χ1) is 10.8. The molecular weight excluding hydrogens is 322 g/mol. The van der Waals surface area contributed by atoms with Gasteiger partial charge in [-0.05, 0) is 53.1 Å². The molecule has 0 spiro atoms. The zero-order valence-corrected chi connectivity index (χ0v) is 12.6. The summed E-state index contributed by atoms with van der Waals surface area (Å²) in [4.78, 5) is 3.55. The fraction of sp³-hybridized carbons (Fsp3) is 0.0625. The van der Waals surface area contributed by atoms with E-state index < -0.39 is 22.1 Å². The van der Waals surface area contributed by atoms with Crippen molar-refractivity contribution in [2.45, 2.75) is 11.1 Å². The van der Waals surface area contributed by atoms with Crippen LogP contribution in [0.2, 0.25) is 0 Å². The molecule has 1 unspecified atom stereocenters. The van der Waals surface area contributed by atoms with Gasteiger partial charge in [0.05, 0.1) is 4.90 Å². The lowest BCUT2D eigenvalue weighted by atomic mass is 9.96. The Morgan fingerprint density at radius 1 is 0.957 bits per heavy atom. The van der Waals surface area contributed by atoms with Crippen molar-refractivity contribution in [3.8, 4) is 0 Å². The van der Waals surface area contributed by atoms with Crippen LogP contribution in [0.5, 0.6) is 0 Å². The molecule has 0 saturated carbocycles. The van der Waals surface area contributed by atoms with Crippen LogP contribution in [0.3, 0.4) is 0 Å². The van der Waals surface area contributed by atoms with E-state index in [1.54, 1.807) is 12.1 Å². The van der Waals surface area contributed by atoms with E-state index >= 15 is 0 Å². The molecule has 4 nitrogen and oxygen atoms in total. The maximum Gasteiger partial charge on any atom is 0.238 e. The van der Waals surface area contributed by atoms with E-state index in [0.29, 0.717) is 22.3 Å². The smallest absolute Gasteiger partial charge is 0.238 e. The molecule has 118 valence electrons. The third kappa shape index (κ3) is 3.20. The number of rotatable bonds is 3. The van der Waals surface area contributed by atoms with E-state index in [4.69, 9.17) is 5.14 Å². The number of nitrogens with two attached hydrogens (primary N) is 1. The SMILES string of the molecule is NS(=O)(=O)c1ccc(C2=CC(F)C=C2c2ccc(F)nc2)cc1. The number of pyridine rings is 1. The van der Waals surface area contributed by atoms with Crippen LogP contribution in [0, 0.1) is 5.95 Å². The average molecular weight is 334 g/mol. The lowest BCUT2D eigenvalue weighted by Gasteiger charge is -2.09. The van der Waals surface area contributed by atoms with Crippen molar-refractivity contribution in [1.82, 2.24) is 4.98 Å². The summed E-state index contributed by atoms with van der Waals surface area (Å²) < 4.78 is 49.3. The van der Waals surface area contributed by atoms with Crippen LogP contribution in [-0.2, 0) is 10.0 Å². The van der Waals surface area contributed by atoms with E-state index in [0.717, 1.165) is 0 Å². The Bertz CT molecular complexity index is 902. The minimum Gasteiger partial charge on any atom is -0.238 e. The Kier molecular flexibility index (Phi) is 3.83. The van der Waals surface area contributed by atoms with E-state index in [1.807, 2.05) is 0 Å². The normalized spacial score (nSPS) is 17.8. The summed E-state index contributed by atoms with van der Waals surface area (Å²) in [5.74, 6) is -0.618. The number of hydrogen-bond acceptors (Lipinski definition) is 3. The van der Waals surface area contributed by atoms with Gasteiger partial charge in [0.25, 0.3) is 0 Å². The van der Waals surface area contributed by atoms with Gasteiger partial charge in [0.15, 0.2) is 0 Å². The molecule has 0 amide bonds. The van der Waals surface area contributed by atoms with Gasteiger partial charge in [-0.1, -0.05) is 12.1 Å². The molecule has 1 aliphatic carbocycles. The molecule has 1 aliphatic rings.